The molecule has 74 heavy (non-hydrogen) atoms. The van der Waals surface area contributed by atoms with E-state index in [0.717, 1.165) is 0 Å². The maximum atomic E-state index is 15.5. The van der Waals surface area contributed by atoms with Gasteiger partial charge in [0.1, 0.15) is 11.1 Å². The smallest absolute Gasteiger partial charge is 0.459 e. The molecule has 16 nitrogen and oxygen atoms in total. The zero-order valence-corrected chi connectivity index (χ0v) is 43.4. The van der Waals surface area contributed by atoms with E-state index in [9.17, 15) is 9.59 Å². The van der Waals surface area contributed by atoms with Gasteiger partial charge in [0, 0.05) is 11.1 Å². The highest BCUT2D eigenvalue weighted by atomic mass is 31.2. The first-order valence-corrected chi connectivity index (χ1v) is 26.2. The standard InChI is InChI=1S/C56H52O16P2/c1-35(2)61-55(57)45-33-41-25-13-15-27-43(41)51(53(45)67-73(59,69-63-47-29-17-9-21-37(47)5)70-64-48-30-18-10-22-38(48)6)52-44-28-16-14-26-42(44)34-46(56(58)62-36(3)4)54(52)68-74(60,71-65-49-31-19-11-23-39(49)7)72-66-50-32-20-12-24-40(50)8/h9-36H,1-8H3. The molecule has 8 aromatic rings. The zero-order valence-electron chi connectivity index (χ0n) is 41.6. The lowest BCUT2D eigenvalue weighted by Crippen LogP contribution is -2.16. The van der Waals surface area contributed by atoms with Gasteiger partial charge in [0.05, 0.1) is 12.2 Å². The van der Waals surface area contributed by atoms with Crippen molar-refractivity contribution in [3.63, 3.8) is 0 Å². The summed E-state index contributed by atoms with van der Waals surface area (Å²) in [6, 6.07) is 43.3. The van der Waals surface area contributed by atoms with Gasteiger partial charge in [-0.1, -0.05) is 140 Å². The van der Waals surface area contributed by atoms with E-state index in [1.807, 2.05) is 0 Å². The number of carbonyl (C=O) groups excluding carboxylic acids is 2. The van der Waals surface area contributed by atoms with Crippen LogP contribution in [-0.4, -0.2) is 24.1 Å². The van der Waals surface area contributed by atoms with Crippen molar-refractivity contribution in [3.05, 3.63) is 191 Å². The van der Waals surface area contributed by atoms with E-state index in [2.05, 4.69) is 0 Å². The first kappa shape index (κ1) is 52.6. The Hall–Kier alpha value is -7.68. The van der Waals surface area contributed by atoms with Crippen LogP contribution in [0.2, 0.25) is 0 Å². The molecular weight excluding hydrogens is 991 g/mol. The molecule has 18 heteroatoms. The molecule has 0 aliphatic rings. The third kappa shape index (κ3) is 12.4. The summed E-state index contributed by atoms with van der Waals surface area (Å²) in [5, 5.41) is 1.40. The largest absolute Gasteiger partial charge is 0.604 e. The zero-order chi connectivity index (χ0) is 52.6. The molecule has 0 bridgehead atoms. The van der Waals surface area contributed by atoms with Crippen molar-refractivity contribution < 1.29 is 75.5 Å². The van der Waals surface area contributed by atoms with Crippen molar-refractivity contribution in [2.75, 3.05) is 0 Å². The molecule has 0 heterocycles. The first-order chi connectivity index (χ1) is 35.5. The summed E-state index contributed by atoms with van der Waals surface area (Å²) < 4.78 is 78.4. The highest BCUT2D eigenvalue weighted by Crippen LogP contribution is 2.60. The third-order valence-corrected chi connectivity index (χ3v) is 12.9. The van der Waals surface area contributed by atoms with Gasteiger partial charge in [0.2, 0.25) is 0 Å². The predicted octanol–water partition coefficient (Wildman–Crippen LogP) is 15.0. The summed E-state index contributed by atoms with van der Waals surface area (Å²) in [7, 11) is -10.7. The van der Waals surface area contributed by atoms with E-state index in [0.29, 0.717) is 43.8 Å². The number of esters is 2. The Morgan fingerprint density at radius 1 is 0.392 bits per heavy atom. The SMILES string of the molecule is Cc1ccccc1OOP(=O)(OOc1ccccc1C)Oc1c(C(=O)OC(C)C)cc2ccccc2c1-c1c(OP(=O)(OOc2ccccc2C)OOc2ccccc2C)c(C(=O)OC(C)C)cc2ccccc12. The minimum absolute atomic E-state index is 0.102. The Morgan fingerprint density at radius 2 is 0.662 bits per heavy atom. The molecule has 8 rings (SSSR count). The molecule has 0 fully saturated rings. The van der Waals surface area contributed by atoms with Crippen LogP contribution in [0.4, 0.5) is 0 Å². The number of fused-ring (bicyclic) bond motifs is 2. The van der Waals surface area contributed by atoms with Crippen LogP contribution >= 0.6 is 15.6 Å². The number of phosphoric acid groups is 2. The molecule has 0 N–H and O–H groups in total. The van der Waals surface area contributed by atoms with E-state index >= 15 is 9.13 Å². The average molecular weight is 1040 g/mol. The normalized spacial score (nSPS) is 11.6. The highest BCUT2D eigenvalue weighted by molar-refractivity contribution is 7.49. The van der Waals surface area contributed by atoms with E-state index in [4.69, 9.17) is 56.8 Å². The second-order valence-electron chi connectivity index (χ2n) is 17.4. The van der Waals surface area contributed by atoms with E-state index in [-0.39, 0.29) is 45.3 Å². The lowest BCUT2D eigenvalue weighted by atomic mass is 9.88. The number of ether oxygens (including phenoxy) is 2. The summed E-state index contributed by atoms with van der Waals surface area (Å²) in [6.07, 6.45) is -1.37. The van der Waals surface area contributed by atoms with Gasteiger partial charge >= 0.3 is 27.6 Å². The Kier molecular flexibility index (Phi) is 16.4. The van der Waals surface area contributed by atoms with Crippen molar-refractivity contribution in [2.24, 2.45) is 0 Å². The van der Waals surface area contributed by atoms with Crippen molar-refractivity contribution in [2.45, 2.75) is 67.6 Å². The second-order valence-corrected chi connectivity index (χ2v) is 20.1. The molecule has 0 radical (unpaired) electrons. The van der Waals surface area contributed by atoms with Gasteiger partial charge in [0.25, 0.3) is 0 Å². The monoisotopic (exact) mass is 1040 g/mol. The van der Waals surface area contributed by atoms with E-state index < -0.39 is 51.3 Å². The van der Waals surface area contributed by atoms with Gasteiger partial charge in [0.15, 0.2) is 34.5 Å². The molecule has 0 saturated heterocycles. The van der Waals surface area contributed by atoms with Crippen LogP contribution in [0.25, 0.3) is 32.7 Å². The fraction of sp³-hybridized carbons (Fsp3) is 0.179. The van der Waals surface area contributed by atoms with E-state index in [1.54, 1.807) is 201 Å². The Bertz CT molecular complexity index is 3110. The van der Waals surface area contributed by atoms with Gasteiger partial charge in [-0.15, -0.1) is 0 Å². The van der Waals surface area contributed by atoms with Crippen LogP contribution in [-0.2, 0) is 37.3 Å². The van der Waals surface area contributed by atoms with Crippen molar-refractivity contribution in [3.8, 4) is 45.6 Å². The molecule has 8 aromatic carbocycles. The summed E-state index contributed by atoms with van der Waals surface area (Å²) in [6.45, 7) is 13.5. The number of hydrogen-bond acceptors (Lipinski definition) is 16. The molecule has 0 atom stereocenters. The van der Waals surface area contributed by atoms with Gasteiger partial charge in [-0.25, -0.2) is 18.7 Å². The Labute approximate surface area is 427 Å². The maximum Gasteiger partial charge on any atom is 0.604 e. The quantitative estimate of drug-likeness (QED) is 0.0287. The van der Waals surface area contributed by atoms with Crippen LogP contribution < -0.4 is 28.6 Å². The number of rotatable bonds is 21. The van der Waals surface area contributed by atoms with Gasteiger partial charge in [-0.05, 0) is 136 Å². The van der Waals surface area contributed by atoms with Gasteiger partial charge in [-0.2, -0.15) is 0 Å². The number of carbonyl (C=O) groups is 2. The second kappa shape index (κ2) is 23.0. The predicted molar refractivity (Wildman–Crippen MR) is 276 cm³/mol. The van der Waals surface area contributed by atoms with Crippen molar-refractivity contribution in [1.29, 1.82) is 0 Å². The topological polar surface area (TPSA) is 179 Å². The highest BCUT2D eigenvalue weighted by Gasteiger charge is 2.42. The molecular formula is C56H52O16P2. The van der Waals surface area contributed by atoms with Crippen LogP contribution in [0.3, 0.4) is 0 Å². The first-order valence-electron chi connectivity index (χ1n) is 23.3. The summed E-state index contributed by atoms with van der Waals surface area (Å²) in [5.41, 5.74) is 1.47. The molecule has 0 amide bonds. The minimum Gasteiger partial charge on any atom is -0.459 e. The van der Waals surface area contributed by atoms with Gasteiger partial charge < -0.3 is 38.1 Å². The third-order valence-electron chi connectivity index (χ3n) is 11.0. The molecule has 0 saturated carbocycles. The Morgan fingerprint density at radius 3 is 0.946 bits per heavy atom. The summed E-state index contributed by atoms with van der Waals surface area (Å²) in [5.74, 6) is -2.43. The maximum absolute atomic E-state index is 15.5. The lowest BCUT2D eigenvalue weighted by Gasteiger charge is -2.25. The fourth-order valence-electron chi connectivity index (χ4n) is 7.45. The van der Waals surface area contributed by atoms with Crippen LogP contribution in [0.1, 0.15) is 70.7 Å². The lowest BCUT2D eigenvalue weighted by molar-refractivity contribution is -0.186. The number of aryl methyl sites for hydroxylation is 4. The minimum atomic E-state index is -5.33. The van der Waals surface area contributed by atoms with Crippen molar-refractivity contribution in [1.82, 2.24) is 0 Å². The summed E-state index contributed by atoms with van der Waals surface area (Å²) in [4.78, 5) is 52.0. The molecule has 0 aliphatic carbocycles. The van der Waals surface area contributed by atoms with Crippen LogP contribution in [0, 0.1) is 27.7 Å². The molecule has 0 unspecified atom stereocenters. The fourth-order valence-corrected chi connectivity index (χ4v) is 9.14. The average Bonchev–Trinajstić information content (AvgIpc) is 3.37. The number of benzene rings is 8. The van der Waals surface area contributed by atoms with Crippen LogP contribution in [0.5, 0.6) is 34.5 Å². The summed E-state index contributed by atoms with van der Waals surface area (Å²) >= 11 is 0. The van der Waals surface area contributed by atoms with E-state index in [1.165, 1.54) is 12.1 Å². The molecule has 0 aliphatic heterocycles. The number of para-hydroxylation sites is 4. The number of hydrogen-bond donors (Lipinski definition) is 0. The molecule has 0 aromatic heterocycles. The van der Waals surface area contributed by atoms with Crippen LogP contribution in [0.15, 0.2) is 158 Å². The Balaban J connectivity index is 1.43. The van der Waals surface area contributed by atoms with Gasteiger partial charge in [-0.3, -0.25) is 0 Å². The van der Waals surface area contributed by atoms with Crippen molar-refractivity contribution >= 4 is 49.1 Å². The molecule has 0 spiro atoms. The molecule has 382 valence electrons.